The van der Waals surface area contributed by atoms with Gasteiger partial charge in [-0.05, 0) is 57.8 Å². The van der Waals surface area contributed by atoms with Gasteiger partial charge in [0.25, 0.3) is 0 Å². The maximum absolute atomic E-state index is 12.8. The predicted octanol–water partition coefficient (Wildman–Crippen LogP) is 22.6. The average molecular weight is 1050 g/mol. The highest BCUT2D eigenvalue weighted by Crippen LogP contribution is 2.18. The first-order valence-electron chi connectivity index (χ1n) is 33.1. The summed E-state index contributed by atoms with van der Waals surface area (Å²) < 4.78 is 16.9. The molecule has 1 unspecified atom stereocenters. The molecule has 0 rings (SSSR count). The second-order valence-electron chi connectivity index (χ2n) is 22.4. The molecule has 6 heteroatoms. The summed E-state index contributed by atoms with van der Waals surface area (Å²) in [4.78, 5) is 38.1. The largest absolute Gasteiger partial charge is 0.462 e. The molecule has 0 heterocycles. The predicted molar refractivity (Wildman–Crippen MR) is 325 cm³/mol. The van der Waals surface area contributed by atoms with Gasteiger partial charge in [-0.2, -0.15) is 0 Å². The van der Waals surface area contributed by atoms with Gasteiger partial charge in [-0.1, -0.05) is 326 Å². The summed E-state index contributed by atoms with van der Waals surface area (Å²) in [7, 11) is 0. The Morgan fingerprint density at radius 1 is 0.280 bits per heavy atom. The first kappa shape index (κ1) is 72.4. The Kier molecular flexibility index (Phi) is 61.7. The molecule has 0 aromatic carbocycles. The molecule has 0 aliphatic carbocycles. The van der Waals surface area contributed by atoms with Crippen molar-refractivity contribution >= 4 is 17.9 Å². The molecule has 438 valence electrons. The van der Waals surface area contributed by atoms with Crippen LogP contribution in [0.25, 0.3) is 0 Å². The van der Waals surface area contributed by atoms with E-state index in [1.165, 1.54) is 231 Å². The van der Waals surface area contributed by atoms with Crippen LogP contribution in [0.1, 0.15) is 355 Å². The topological polar surface area (TPSA) is 78.9 Å². The second kappa shape index (κ2) is 63.9. The summed E-state index contributed by atoms with van der Waals surface area (Å²) in [6.45, 7) is 6.55. The molecule has 0 aliphatic rings. The quantitative estimate of drug-likeness (QED) is 0.0261. The van der Waals surface area contributed by atoms with E-state index in [-0.39, 0.29) is 31.1 Å². The molecule has 75 heavy (non-hydrogen) atoms. The van der Waals surface area contributed by atoms with E-state index in [0.717, 1.165) is 83.5 Å². The van der Waals surface area contributed by atoms with E-state index in [1.54, 1.807) is 0 Å². The summed E-state index contributed by atoms with van der Waals surface area (Å²) in [5.41, 5.74) is 0. The van der Waals surface area contributed by atoms with E-state index in [0.29, 0.717) is 19.3 Å². The molecule has 0 aromatic heterocycles. The maximum Gasteiger partial charge on any atom is 0.306 e. The fourth-order valence-corrected chi connectivity index (χ4v) is 9.91. The highest BCUT2D eigenvalue weighted by atomic mass is 16.6. The van der Waals surface area contributed by atoms with Crippen molar-refractivity contribution in [2.24, 2.45) is 0 Å². The van der Waals surface area contributed by atoms with Crippen LogP contribution in [0, 0.1) is 0 Å². The summed E-state index contributed by atoms with van der Waals surface area (Å²) in [6.07, 6.45) is 80.2. The summed E-state index contributed by atoms with van der Waals surface area (Å²) in [5.74, 6) is -0.845. The zero-order chi connectivity index (χ0) is 54.3. The van der Waals surface area contributed by atoms with Gasteiger partial charge in [-0.3, -0.25) is 14.4 Å². The molecule has 0 saturated heterocycles. The third kappa shape index (κ3) is 62.1. The lowest BCUT2D eigenvalue weighted by Gasteiger charge is -2.18. The SMILES string of the molecule is CC/C=C\C/C=C\C/C=C\C/C=C\CCCCCCCCCCCCCCCCCCCCCCCCC(=O)OCC(COC(=O)CCCCCCCCCCC)OC(=O)CCCCCCCCCCCCCCC. The van der Waals surface area contributed by atoms with Crippen molar-refractivity contribution in [3.05, 3.63) is 48.6 Å². The van der Waals surface area contributed by atoms with Gasteiger partial charge in [0.1, 0.15) is 13.2 Å². The van der Waals surface area contributed by atoms with Crippen molar-refractivity contribution in [3.8, 4) is 0 Å². The fraction of sp³-hybridized carbons (Fsp3) is 0.841. The van der Waals surface area contributed by atoms with Crippen molar-refractivity contribution in [1.82, 2.24) is 0 Å². The Labute approximate surface area is 467 Å². The molecular weight excluding hydrogens is 925 g/mol. The minimum Gasteiger partial charge on any atom is -0.462 e. The highest BCUT2D eigenvalue weighted by molar-refractivity contribution is 5.71. The molecular formula is C69H126O6. The number of hydrogen-bond donors (Lipinski definition) is 0. The second-order valence-corrected chi connectivity index (χ2v) is 22.4. The number of rotatable bonds is 61. The zero-order valence-corrected chi connectivity index (χ0v) is 50.3. The lowest BCUT2D eigenvalue weighted by Crippen LogP contribution is -2.30. The van der Waals surface area contributed by atoms with Crippen molar-refractivity contribution in [1.29, 1.82) is 0 Å². The van der Waals surface area contributed by atoms with Crippen LogP contribution in [0.5, 0.6) is 0 Å². The molecule has 0 amide bonds. The molecule has 0 N–H and O–H groups in total. The summed E-state index contributed by atoms with van der Waals surface area (Å²) >= 11 is 0. The van der Waals surface area contributed by atoms with E-state index >= 15 is 0 Å². The van der Waals surface area contributed by atoms with E-state index in [1.807, 2.05) is 0 Å². The Balaban J connectivity index is 3.95. The van der Waals surface area contributed by atoms with Gasteiger partial charge in [-0.15, -0.1) is 0 Å². The smallest absolute Gasteiger partial charge is 0.306 e. The first-order chi connectivity index (χ1) is 37.0. The lowest BCUT2D eigenvalue weighted by molar-refractivity contribution is -0.167. The number of carbonyl (C=O) groups excluding carboxylic acids is 3. The van der Waals surface area contributed by atoms with Crippen LogP contribution < -0.4 is 0 Å². The minimum absolute atomic E-state index is 0.0651. The highest BCUT2D eigenvalue weighted by Gasteiger charge is 2.19. The third-order valence-electron chi connectivity index (χ3n) is 14.8. The van der Waals surface area contributed by atoms with Gasteiger partial charge >= 0.3 is 17.9 Å². The Morgan fingerprint density at radius 3 is 0.813 bits per heavy atom. The van der Waals surface area contributed by atoms with E-state index in [9.17, 15) is 14.4 Å². The van der Waals surface area contributed by atoms with E-state index in [2.05, 4.69) is 69.4 Å². The van der Waals surface area contributed by atoms with Gasteiger partial charge in [0, 0.05) is 19.3 Å². The van der Waals surface area contributed by atoms with Gasteiger partial charge < -0.3 is 14.2 Å². The van der Waals surface area contributed by atoms with E-state index < -0.39 is 6.10 Å². The van der Waals surface area contributed by atoms with Gasteiger partial charge in [0.2, 0.25) is 0 Å². The molecule has 0 bridgehead atoms. The summed E-state index contributed by atoms with van der Waals surface area (Å²) in [6, 6.07) is 0. The number of ether oxygens (including phenoxy) is 3. The van der Waals surface area contributed by atoms with Crippen LogP contribution in [0.2, 0.25) is 0 Å². The average Bonchev–Trinajstić information content (AvgIpc) is 3.41. The molecule has 0 saturated carbocycles. The van der Waals surface area contributed by atoms with Crippen molar-refractivity contribution in [2.75, 3.05) is 13.2 Å². The number of allylic oxidation sites excluding steroid dienone is 8. The normalized spacial score (nSPS) is 12.3. The van der Waals surface area contributed by atoms with Gasteiger partial charge in [0.05, 0.1) is 0 Å². The van der Waals surface area contributed by atoms with Crippen LogP contribution in [0.3, 0.4) is 0 Å². The number of unbranched alkanes of at least 4 members (excludes halogenated alkanes) is 42. The maximum atomic E-state index is 12.8. The van der Waals surface area contributed by atoms with Crippen LogP contribution in [0.4, 0.5) is 0 Å². The number of esters is 3. The van der Waals surface area contributed by atoms with E-state index in [4.69, 9.17) is 14.2 Å². The number of carbonyl (C=O) groups is 3. The van der Waals surface area contributed by atoms with Crippen LogP contribution in [0.15, 0.2) is 48.6 Å². The lowest BCUT2D eigenvalue weighted by atomic mass is 10.0. The van der Waals surface area contributed by atoms with Crippen molar-refractivity contribution in [2.45, 2.75) is 361 Å². The minimum atomic E-state index is -0.764. The third-order valence-corrected chi connectivity index (χ3v) is 14.8. The molecule has 0 fully saturated rings. The Morgan fingerprint density at radius 2 is 0.520 bits per heavy atom. The summed E-state index contributed by atoms with van der Waals surface area (Å²) in [5, 5.41) is 0. The van der Waals surface area contributed by atoms with Gasteiger partial charge in [-0.25, -0.2) is 0 Å². The van der Waals surface area contributed by atoms with Crippen molar-refractivity contribution < 1.29 is 28.6 Å². The van der Waals surface area contributed by atoms with Crippen LogP contribution >= 0.6 is 0 Å². The first-order valence-corrected chi connectivity index (χ1v) is 33.1. The van der Waals surface area contributed by atoms with Crippen LogP contribution in [-0.4, -0.2) is 37.2 Å². The molecule has 6 nitrogen and oxygen atoms in total. The molecule has 0 radical (unpaired) electrons. The molecule has 1 atom stereocenters. The van der Waals surface area contributed by atoms with Crippen LogP contribution in [-0.2, 0) is 28.6 Å². The monoisotopic (exact) mass is 1050 g/mol. The Hall–Kier alpha value is -2.63. The number of hydrogen-bond acceptors (Lipinski definition) is 6. The zero-order valence-electron chi connectivity index (χ0n) is 50.3. The molecule has 0 aliphatic heterocycles. The fourth-order valence-electron chi connectivity index (χ4n) is 9.91. The van der Waals surface area contributed by atoms with Crippen molar-refractivity contribution in [3.63, 3.8) is 0 Å². The van der Waals surface area contributed by atoms with Gasteiger partial charge in [0.15, 0.2) is 6.10 Å². The molecule has 0 spiro atoms. The standard InChI is InChI=1S/C69H126O6/c1-4-7-10-13-16-19-21-23-24-25-26-27-28-29-30-31-32-33-34-35-36-37-38-39-40-41-42-43-44-46-47-50-53-56-59-62-68(71)74-65-66(64-73-67(70)61-58-55-52-49-18-15-12-9-6-3)75-69(72)63-60-57-54-51-48-45-22-20-17-14-11-8-5-2/h7,10,16,19,23-24,26-27,66H,4-6,8-9,11-15,17-18,20-22,25,28-65H2,1-3H3/b10-7-,19-16-,24-23-,27-26-. The Bertz CT molecular complexity index is 1300. The molecule has 0 aromatic rings.